The van der Waals surface area contributed by atoms with Crippen LogP contribution in [0.4, 0.5) is 0 Å². The maximum absolute atomic E-state index is 8.87. The molecule has 0 bridgehead atoms. The van der Waals surface area contributed by atoms with Crippen LogP contribution in [0.1, 0.15) is 270 Å². The van der Waals surface area contributed by atoms with Gasteiger partial charge >= 0.3 is 0 Å². The van der Waals surface area contributed by atoms with E-state index < -0.39 is 65.6 Å². The molecule has 2 aliphatic carbocycles. The highest BCUT2D eigenvalue weighted by atomic mass is 14.9. The fraction of sp³-hybridized carbons (Fsp3) is 0.394. The molecule has 0 N–H and O–H groups in total. The Morgan fingerprint density at radius 3 is 1.02 bits per heavy atom. The van der Waals surface area contributed by atoms with Gasteiger partial charge in [0.25, 0.3) is 0 Å². The molecule has 6 heterocycles. The molecule has 1 atom stereocenters. The summed E-state index contributed by atoms with van der Waals surface area (Å²) in [6.45, 7) is 13.5. The summed E-state index contributed by atoms with van der Waals surface area (Å²) in [5, 5.41) is 0. The van der Waals surface area contributed by atoms with Crippen LogP contribution in [0.2, 0.25) is 0 Å². The van der Waals surface area contributed by atoms with Crippen LogP contribution in [-0.2, 0) is 61.5 Å². The highest BCUT2D eigenvalue weighted by Crippen LogP contribution is 2.39. The number of hydrogen-bond acceptors (Lipinski definition) is 0. The second-order valence-corrected chi connectivity index (χ2v) is 32.4. The molecule has 2 saturated carbocycles. The van der Waals surface area contributed by atoms with Crippen molar-refractivity contribution in [1.29, 1.82) is 0 Å². The second kappa shape index (κ2) is 41.7. The van der Waals surface area contributed by atoms with Crippen LogP contribution in [0.15, 0.2) is 219 Å². The molecule has 6 heteroatoms. The standard InChI is InChI=1S/2C19H24N.3C18H24N.C17H22N/c2*1-14-8-4-7-11-17(14)19-12-18(15(2)13-20(19)3)16-9-5-6-10-16;2*1-13(2)10-16-11-18(19(5)12-15(16)4)17-9-7-6-8-14(17)3;1-6-15-11-18(16-10-8-7-9-14(16)4)19(5)12-17(15)13(2)3;1-12(2)16-10-17(18(5)11-14(16)4)15-9-7-6-8-13(15)3/h2*4,7-8,11-13,16H,5-6,9-10H2,1-3H3;2*6-9,11-13H,10H2,1-5H3;7-13H,6H2,1-5H3;6-12H,1-5H3/q6*+1/i2D3,16D;2D3;4D3,10D2;4D3;2D3,6D2,13D;4D3. The Kier molecular flexibility index (Phi) is 22.0. The highest BCUT2D eigenvalue weighted by molar-refractivity contribution is 5.67. The third-order valence-corrected chi connectivity index (χ3v) is 22.1. The number of rotatable bonds is 15. The minimum atomic E-state index is -2.57. The van der Waals surface area contributed by atoms with Gasteiger partial charge in [0.2, 0.25) is 34.2 Å². The first kappa shape index (κ1) is 60.7. The Morgan fingerprint density at radius 2 is 0.661 bits per heavy atom. The van der Waals surface area contributed by atoms with Gasteiger partial charge < -0.3 is 0 Å². The molecule has 0 saturated heterocycles. The van der Waals surface area contributed by atoms with Gasteiger partial charge in [-0.05, 0) is 259 Å². The maximum Gasteiger partial charge on any atom is 0.212 e. The van der Waals surface area contributed by atoms with E-state index in [2.05, 4.69) is 96.1 Å². The number of aromatic nitrogens is 6. The number of hydrogen-bond donors (Lipinski definition) is 0. The molecule has 0 spiro atoms. The Hall–Kier alpha value is -9.78. The molecule has 6 aromatic carbocycles. The number of aryl methyl sites for hydroxylation is 18. The maximum atomic E-state index is 8.87. The summed E-state index contributed by atoms with van der Waals surface area (Å²) in [7, 11) is 11.2. The fourth-order valence-corrected chi connectivity index (χ4v) is 15.7. The second-order valence-electron chi connectivity index (χ2n) is 32.4. The quantitative estimate of drug-likeness (QED) is 0.0914. The summed E-state index contributed by atoms with van der Waals surface area (Å²) >= 11 is 0. The average molecular weight is 1560 g/mol. The summed E-state index contributed by atoms with van der Waals surface area (Å²) in [4.78, 5) is 0. The zero-order valence-corrected chi connectivity index (χ0v) is 72.1. The van der Waals surface area contributed by atoms with Crippen molar-refractivity contribution in [3.05, 3.63) is 319 Å². The topological polar surface area (TPSA) is 23.3 Å². The molecule has 602 valence electrons. The largest absolute Gasteiger partial charge is 0.212 e. The van der Waals surface area contributed by atoms with Gasteiger partial charge in [-0.15, -0.1) is 0 Å². The van der Waals surface area contributed by atoms with E-state index in [0.717, 1.165) is 140 Å². The van der Waals surface area contributed by atoms with E-state index in [4.69, 9.17) is 32.9 Å². The van der Waals surface area contributed by atoms with E-state index in [-0.39, 0.29) is 34.1 Å². The number of benzene rings is 6. The molecule has 6 aromatic heterocycles. The minimum Gasteiger partial charge on any atom is -0.201 e. The van der Waals surface area contributed by atoms with Crippen LogP contribution < -0.4 is 27.4 Å². The van der Waals surface area contributed by atoms with Crippen molar-refractivity contribution >= 4 is 0 Å². The summed E-state index contributed by atoms with van der Waals surface area (Å²) in [5.74, 6) is -2.06. The van der Waals surface area contributed by atoms with Crippen LogP contribution >= 0.6 is 0 Å². The molecule has 2 aliphatic rings. The van der Waals surface area contributed by atoms with Gasteiger partial charge in [0.15, 0.2) is 37.2 Å². The first-order valence-electron chi connectivity index (χ1n) is 52.8. The lowest BCUT2D eigenvalue weighted by atomic mass is 9.92. The van der Waals surface area contributed by atoms with Crippen LogP contribution in [0.3, 0.4) is 0 Å². The van der Waals surface area contributed by atoms with E-state index >= 15 is 0 Å². The highest BCUT2D eigenvalue weighted by Gasteiger charge is 2.27. The predicted octanol–water partition coefficient (Wildman–Crippen LogP) is 25.0. The van der Waals surface area contributed by atoms with E-state index in [1.54, 1.807) is 80.2 Å². The van der Waals surface area contributed by atoms with Gasteiger partial charge in [-0.3, -0.25) is 0 Å². The van der Waals surface area contributed by atoms with Crippen molar-refractivity contribution < 1.29 is 60.3 Å². The third kappa shape index (κ3) is 23.3. The van der Waals surface area contributed by atoms with Gasteiger partial charge in [-0.2, -0.15) is 0 Å². The summed E-state index contributed by atoms with van der Waals surface area (Å²) in [6.07, 6.45) is 15.5. The minimum absolute atomic E-state index is 0.0704. The van der Waals surface area contributed by atoms with E-state index in [9.17, 15) is 0 Å². The lowest BCUT2D eigenvalue weighted by Crippen LogP contribution is -2.32. The summed E-state index contributed by atoms with van der Waals surface area (Å²) < 4.78 is 202. The Labute approximate surface area is 730 Å². The van der Waals surface area contributed by atoms with Crippen molar-refractivity contribution in [2.24, 2.45) is 54.1 Å². The average Bonchev–Trinajstić information content (AvgIpc) is 1.23. The molecule has 1 unspecified atom stereocenters. The molecule has 0 amide bonds. The van der Waals surface area contributed by atoms with Crippen molar-refractivity contribution in [3.8, 4) is 67.5 Å². The SMILES string of the molecule is [2H]C([2H])(C)c1cc(-c2ccccc2C)[n+](C)cc1C([2H])(C)C([2H])([2H])[2H].[2H]C([2H])([2H])c1c[n+](C)c(-c2ccccc2C)cc1C(C)C.[2H]C([2H])([2H])c1c[n+](C)c(-c2ccccc2C)cc1C([2H])([2H])C(C)C.[2H]C([2H])([2H])c1c[n+](C)c(-c2ccccc2C)cc1C1([2H])CCCC1.[2H]C([2H])([2H])c1c[n+](C)c(-c2ccccc2C)cc1C1CCCC1.[2H]C([2H])([2H])c1c[n+](C)c(-c2ccccc2C)cc1CC(C)C. The molecule has 0 aliphatic heterocycles. The molecular formula is C109H142N6+6. The Balaban J connectivity index is 0.000000187. The predicted molar refractivity (Wildman–Crippen MR) is 487 cm³/mol. The first-order valence-corrected chi connectivity index (χ1v) is 40.8. The van der Waals surface area contributed by atoms with E-state index in [0.29, 0.717) is 39.7 Å². The molecule has 12 aromatic rings. The van der Waals surface area contributed by atoms with Crippen molar-refractivity contribution in [2.45, 2.75) is 232 Å². The summed E-state index contributed by atoms with van der Waals surface area (Å²) in [5.41, 5.74) is 25.0. The van der Waals surface area contributed by atoms with Gasteiger partial charge in [-0.1, -0.05) is 197 Å². The smallest absolute Gasteiger partial charge is 0.201 e. The van der Waals surface area contributed by atoms with Crippen LogP contribution in [0.5, 0.6) is 0 Å². The number of pyridine rings is 6. The van der Waals surface area contributed by atoms with Crippen molar-refractivity contribution in [1.82, 2.24) is 0 Å². The zero-order chi connectivity index (χ0) is 104. The van der Waals surface area contributed by atoms with Crippen molar-refractivity contribution in [2.75, 3.05) is 0 Å². The normalized spacial score (nSPS) is 17.5. The zero-order valence-electron chi connectivity index (χ0n) is 96.1. The van der Waals surface area contributed by atoms with Crippen LogP contribution in [0.25, 0.3) is 67.5 Å². The third-order valence-electron chi connectivity index (χ3n) is 22.1. The molecular weight excluding hydrogens is 1390 g/mol. The van der Waals surface area contributed by atoms with Crippen LogP contribution in [-0.4, -0.2) is 0 Å². The van der Waals surface area contributed by atoms with Gasteiger partial charge in [0.05, 0.1) is 0 Å². The van der Waals surface area contributed by atoms with Gasteiger partial charge in [-0.25, -0.2) is 27.4 Å². The van der Waals surface area contributed by atoms with Crippen LogP contribution in [0, 0.1) is 87.6 Å². The Bertz CT molecular complexity index is 6180. The van der Waals surface area contributed by atoms with Gasteiger partial charge in [0, 0.05) is 136 Å². The fourth-order valence-electron chi connectivity index (χ4n) is 15.7. The first-order chi connectivity index (χ1) is 64.2. The van der Waals surface area contributed by atoms with Gasteiger partial charge in [0.1, 0.15) is 42.3 Å². The van der Waals surface area contributed by atoms with E-state index in [1.165, 1.54) is 48.9 Å². The van der Waals surface area contributed by atoms with E-state index in [1.807, 2.05) is 196 Å². The van der Waals surface area contributed by atoms with Crippen molar-refractivity contribution in [3.63, 3.8) is 0 Å². The monoisotopic (exact) mass is 1560 g/mol. The molecule has 115 heavy (non-hydrogen) atoms. The lowest BCUT2D eigenvalue weighted by Gasteiger charge is -2.14. The molecule has 0 radical (unpaired) electrons. The number of nitrogens with zero attached hydrogens (tertiary/aromatic N) is 6. The molecule has 2 fully saturated rings. The summed E-state index contributed by atoms with van der Waals surface area (Å²) in [6, 6.07) is 59.8. The molecule has 6 nitrogen and oxygen atoms in total. The lowest BCUT2D eigenvalue weighted by molar-refractivity contribution is -0.661. The molecule has 14 rings (SSSR count). The Morgan fingerprint density at radius 1 is 0.348 bits per heavy atom.